The fourth-order valence-electron chi connectivity index (χ4n) is 2.62. The standard InChI is InChI=1S/C17H17ClO/c1-17(2)11-10-15-14(4-3-5-16(15)19-17)12-6-8-13(18)9-7-12/h3,5-11,14H,4H2,1-2H3/t14-/m1/s1. The van der Waals surface area contributed by atoms with Crippen molar-refractivity contribution in [2.24, 2.45) is 0 Å². The highest BCUT2D eigenvalue weighted by atomic mass is 35.5. The van der Waals surface area contributed by atoms with E-state index in [1.165, 1.54) is 11.1 Å². The SMILES string of the molecule is CC1(C)C=CC2=C(C=CC[C@@H]2c2ccc(Cl)cc2)O1. The van der Waals surface area contributed by atoms with Crippen molar-refractivity contribution in [2.45, 2.75) is 31.8 Å². The molecule has 0 saturated carbocycles. The van der Waals surface area contributed by atoms with E-state index in [-0.39, 0.29) is 5.60 Å². The summed E-state index contributed by atoms with van der Waals surface area (Å²) in [6, 6.07) is 8.11. The van der Waals surface area contributed by atoms with Crippen LogP contribution in [0.4, 0.5) is 0 Å². The van der Waals surface area contributed by atoms with Crippen LogP contribution in [0.3, 0.4) is 0 Å². The van der Waals surface area contributed by atoms with Crippen LogP contribution in [0.2, 0.25) is 5.02 Å². The van der Waals surface area contributed by atoms with Gasteiger partial charge >= 0.3 is 0 Å². The van der Waals surface area contributed by atoms with Crippen molar-refractivity contribution >= 4 is 11.6 Å². The molecule has 0 fully saturated rings. The Kier molecular flexibility index (Phi) is 3.02. The molecule has 1 atom stereocenters. The van der Waals surface area contributed by atoms with Crippen molar-refractivity contribution < 1.29 is 4.74 Å². The Balaban J connectivity index is 1.97. The summed E-state index contributed by atoms with van der Waals surface area (Å²) in [5.74, 6) is 1.36. The molecule has 3 rings (SSSR count). The Morgan fingerprint density at radius 1 is 1.16 bits per heavy atom. The smallest absolute Gasteiger partial charge is 0.124 e. The third kappa shape index (κ3) is 2.48. The maximum Gasteiger partial charge on any atom is 0.124 e. The van der Waals surface area contributed by atoms with E-state index in [2.05, 4.69) is 50.3 Å². The molecule has 0 saturated heterocycles. The third-order valence-corrected chi connectivity index (χ3v) is 3.86. The van der Waals surface area contributed by atoms with Crippen LogP contribution in [0.5, 0.6) is 0 Å². The molecule has 0 N–H and O–H groups in total. The average molecular weight is 273 g/mol. The number of halogens is 1. The lowest BCUT2D eigenvalue weighted by Gasteiger charge is -2.33. The Labute approximate surface area is 119 Å². The van der Waals surface area contributed by atoms with Gasteiger partial charge in [0, 0.05) is 16.5 Å². The molecule has 1 heterocycles. The monoisotopic (exact) mass is 272 g/mol. The average Bonchev–Trinajstić information content (AvgIpc) is 2.37. The number of allylic oxidation sites excluding steroid dienone is 4. The first-order valence-corrected chi connectivity index (χ1v) is 6.97. The number of hydrogen-bond donors (Lipinski definition) is 0. The van der Waals surface area contributed by atoms with Gasteiger partial charge in [-0.1, -0.05) is 35.9 Å². The van der Waals surface area contributed by atoms with E-state index in [4.69, 9.17) is 16.3 Å². The van der Waals surface area contributed by atoms with Crippen LogP contribution >= 0.6 is 11.6 Å². The summed E-state index contributed by atoms with van der Waals surface area (Å²) in [4.78, 5) is 0. The van der Waals surface area contributed by atoms with Gasteiger partial charge in [0.2, 0.25) is 0 Å². The minimum absolute atomic E-state index is 0.217. The highest BCUT2D eigenvalue weighted by Crippen LogP contribution is 2.39. The van der Waals surface area contributed by atoms with Gasteiger partial charge in [0.25, 0.3) is 0 Å². The lowest BCUT2D eigenvalue weighted by molar-refractivity contribution is 0.0792. The minimum Gasteiger partial charge on any atom is -0.483 e. The zero-order chi connectivity index (χ0) is 13.5. The molecule has 0 radical (unpaired) electrons. The first-order valence-electron chi connectivity index (χ1n) is 6.60. The molecule has 0 spiro atoms. The second kappa shape index (κ2) is 4.57. The van der Waals surface area contributed by atoms with Crippen molar-refractivity contribution in [3.8, 4) is 0 Å². The second-order valence-electron chi connectivity index (χ2n) is 5.60. The van der Waals surface area contributed by atoms with Crippen molar-refractivity contribution in [2.75, 3.05) is 0 Å². The van der Waals surface area contributed by atoms with Gasteiger partial charge in [0.15, 0.2) is 0 Å². The molecule has 0 aromatic heterocycles. The topological polar surface area (TPSA) is 9.23 Å². The number of rotatable bonds is 1. The second-order valence-corrected chi connectivity index (χ2v) is 6.04. The van der Waals surface area contributed by atoms with Gasteiger partial charge in [-0.2, -0.15) is 0 Å². The molecule has 19 heavy (non-hydrogen) atoms. The summed E-state index contributed by atoms with van der Waals surface area (Å²) in [5.41, 5.74) is 2.34. The molecule has 2 heteroatoms. The largest absolute Gasteiger partial charge is 0.483 e. The van der Waals surface area contributed by atoms with Gasteiger partial charge < -0.3 is 4.74 Å². The molecule has 0 bridgehead atoms. The highest BCUT2D eigenvalue weighted by Gasteiger charge is 2.28. The summed E-state index contributed by atoms with van der Waals surface area (Å²) < 4.78 is 6.03. The number of benzene rings is 1. The van der Waals surface area contributed by atoms with E-state index in [0.717, 1.165) is 17.2 Å². The zero-order valence-corrected chi connectivity index (χ0v) is 11.9. The molecular weight excluding hydrogens is 256 g/mol. The molecule has 1 aliphatic heterocycles. The lowest BCUT2D eigenvalue weighted by Crippen LogP contribution is -2.26. The van der Waals surface area contributed by atoms with Crippen LogP contribution in [-0.2, 0) is 4.74 Å². The van der Waals surface area contributed by atoms with Crippen LogP contribution in [-0.4, -0.2) is 5.60 Å². The van der Waals surface area contributed by atoms with Crippen molar-refractivity contribution in [1.82, 2.24) is 0 Å². The number of ether oxygens (including phenoxy) is 1. The quantitative estimate of drug-likeness (QED) is 0.699. The first-order chi connectivity index (χ1) is 9.05. The summed E-state index contributed by atoms with van der Waals surface area (Å²) in [7, 11) is 0. The Morgan fingerprint density at radius 2 is 1.89 bits per heavy atom. The normalized spacial score (nSPS) is 24.1. The Hall–Kier alpha value is -1.47. The molecule has 98 valence electrons. The van der Waals surface area contributed by atoms with E-state index >= 15 is 0 Å². The van der Waals surface area contributed by atoms with Crippen LogP contribution in [0, 0.1) is 0 Å². The predicted molar refractivity (Wildman–Crippen MR) is 79.3 cm³/mol. The van der Waals surface area contributed by atoms with E-state index in [1.54, 1.807) is 0 Å². The molecule has 1 aromatic rings. The van der Waals surface area contributed by atoms with Crippen LogP contribution in [0.1, 0.15) is 31.7 Å². The molecule has 0 amide bonds. The van der Waals surface area contributed by atoms with Gasteiger partial charge in [-0.15, -0.1) is 0 Å². The summed E-state index contributed by atoms with van der Waals surface area (Å²) in [6.45, 7) is 4.15. The third-order valence-electron chi connectivity index (χ3n) is 3.61. The van der Waals surface area contributed by atoms with Crippen molar-refractivity contribution in [3.05, 3.63) is 70.5 Å². The molecule has 0 unspecified atom stereocenters. The van der Waals surface area contributed by atoms with Gasteiger partial charge in [-0.25, -0.2) is 0 Å². The molecule has 1 aliphatic carbocycles. The predicted octanol–water partition coefficient (Wildman–Crippen LogP) is 5.00. The summed E-state index contributed by atoms with van der Waals surface area (Å²) in [5, 5.41) is 0.779. The van der Waals surface area contributed by atoms with E-state index < -0.39 is 0 Å². The molecular formula is C17H17ClO. The van der Waals surface area contributed by atoms with Crippen molar-refractivity contribution in [1.29, 1.82) is 0 Å². The maximum absolute atomic E-state index is 6.03. The van der Waals surface area contributed by atoms with Crippen LogP contribution in [0.15, 0.2) is 59.9 Å². The summed E-state index contributed by atoms with van der Waals surface area (Å²) >= 11 is 5.96. The van der Waals surface area contributed by atoms with E-state index in [9.17, 15) is 0 Å². The van der Waals surface area contributed by atoms with Crippen LogP contribution in [0.25, 0.3) is 0 Å². The zero-order valence-electron chi connectivity index (χ0n) is 11.2. The first kappa shape index (κ1) is 12.6. The molecule has 1 nitrogen and oxygen atoms in total. The lowest BCUT2D eigenvalue weighted by atomic mass is 9.82. The Bertz CT molecular complexity index is 576. The summed E-state index contributed by atoms with van der Waals surface area (Å²) in [6.07, 6.45) is 9.63. The minimum atomic E-state index is -0.217. The number of hydrogen-bond acceptors (Lipinski definition) is 1. The Morgan fingerprint density at radius 3 is 2.63 bits per heavy atom. The van der Waals surface area contributed by atoms with E-state index in [1.807, 2.05) is 12.1 Å². The van der Waals surface area contributed by atoms with Gasteiger partial charge in [-0.3, -0.25) is 0 Å². The van der Waals surface area contributed by atoms with Crippen LogP contribution < -0.4 is 0 Å². The van der Waals surface area contributed by atoms with Crippen molar-refractivity contribution in [3.63, 3.8) is 0 Å². The van der Waals surface area contributed by atoms with Gasteiger partial charge in [0.1, 0.15) is 11.4 Å². The van der Waals surface area contributed by atoms with Gasteiger partial charge in [-0.05, 0) is 50.1 Å². The fraction of sp³-hybridized carbons (Fsp3) is 0.294. The molecule has 2 aliphatic rings. The van der Waals surface area contributed by atoms with Gasteiger partial charge in [0.05, 0.1) is 0 Å². The highest BCUT2D eigenvalue weighted by molar-refractivity contribution is 6.30. The van der Waals surface area contributed by atoms with E-state index in [0.29, 0.717) is 5.92 Å². The fourth-order valence-corrected chi connectivity index (χ4v) is 2.74. The maximum atomic E-state index is 6.03. The molecule has 1 aromatic carbocycles.